The first kappa shape index (κ1) is 18.8. The summed E-state index contributed by atoms with van der Waals surface area (Å²) < 4.78 is 33.1. The van der Waals surface area contributed by atoms with Gasteiger partial charge in [-0.05, 0) is 49.2 Å². The van der Waals surface area contributed by atoms with E-state index < -0.39 is 34.7 Å². The Morgan fingerprint density at radius 2 is 1.83 bits per heavy atom. The summed E-state index contributed by atoms with van der Waals surface area (Å²) >= 11 is 0. The molecular weight excluding hydrogens is 382 g/mol. The Hall–Kier alpha value is -3.55. The van der Waals surface area contributed by atoms with Gasteiger partial charge in [-0.3, -0.25) is 9.69 Å². The van der Waals surface area contributed by atoms with Crippen molar-refractivity contribution < 1.29 is 22.8 Å². The number of carbonyl (C=O) groups is 2. The molecular formula is C21H16F2N2O4. The first-order chi connectivity index (χ1) is 13.7. The van der Waals surface area contributed by atoms with E-state index in [0.717, 1.165) is 28.7 Å². The number of carbonyl (C=O) groups excluding carboxylic acids is 2. The number of halogens is 2. The van der Waals surface area contributed by atoms with Crippen LogP contribution < -0.4 is 10.9 Å². The van der Waals surface area contributed by atoms with Crippen molar-refractivity contribution in [2.75, 3.05) is 0 Å². The van der Waals surface area contributed by atoms with Crippen molar-refractivity contribution in [1.82, 2.24) is 10.2 Å². The summed E-state index contributed by atoms with van der Waals surface area (Å²) in [6.45, 7) is 2.93. The van der Waals surface area contributed by atoms with Crippen molar-refractivity contribution in [3.05, 3.63) is 81.2 Å². The quantitative estimate of drug-likeness (QED) is 0.542. The minimum Gasteiger partial charge on any atom is -0.423 e. The number of rotatable bonds is 3. The van der Waals surface area contributed by atoms with E-state index in [1.54, 1.807) is 12.1 Å². The van der Waals surface area contributed by atoms with E-state index in [9.17, 15) is 23.2 Å². The molecule has 0 saturated carbocycles. The van der Waals surface area contributed by atoms with Gasteiger partial charge in [-0.1, -0.05) is 12.1 Å². The normalized spacial score (nSPS) is 19.1. The van der Waals surface area contributed by atoms with E-state index in [0.29, 0.717) is 16.5 Å². The van der Waals surface area contributed by atoms with Crippen molar-refractivity contribution in [1.29, 1.82) is 0 Å². The second-order valence-electron chi connectivity index (χ2n) is 7.16. The molecule has 3 aromatic rings. The first-order valence-corrected chi connectivity index (χ1v) is 8.82. The Kier molecular flexibility index (Phi) is 4.22. The predicted octanol–water partition coefficient (Wildman–Crippen LogP) is 3.35. The zero-order valence-electron chi connectivity index (χ0n) is 15.6. The van der Waals surface area contributed by atoms with E-state index in [-0.39, 0.29) is 12.1 Å². The van der Waals surface area contributed by atoms with Crippen molar-refractivity contribution in [2.45, 2.75) is 25.9 Å². The van der Waals surface area contributed by atoms with Crippen LogP contribution in [-0.4, -0.2) is 16.8 Å². The number of aryl methyl sites for hydroxylation is 1. The minimum atomic E-state index is -1.77. The lowest BCUT2D eigenvalue weighted by molar-refractivity contribution is -0.131. The molecule has 0 aliphatic carbocycles. The molecule has 29 heavy (non-hydrogen) atoms. The summed E-state index contributed by atoms with van der Waals surface area (Å²) in [5.41, 5.74) is -1.05. The molecule has 0 radical (unpaired) electrons. The Morgan fingerprint density at radius 1 is 1.07 bits per heavy atom. The summed E-state index contributed by atoms with van der Waals surface area (Å²) in [4.78, 5) is 38.4. The topological polar surface area (TPSA) is 79.6 Å². The highest BCUT2D eigenvalue weighted by molar-refractivity contribution is 6.07. The minimum absolute atomic E-state index is 0.220. The molecule has 8 heteroatoms. The zero-order chi connectivity index (χ0) is 20.9. The van der Waals surface area contributed by atoms with Crippen molar-refractivity contribution >= 4 is 22.9 Å². The highest BCUT2D eigenvalue weighted by Gasteiger charge is 2.50. The SMILES string of the molecule is Cc1ccc2c(CN3C(=O)N[C@@](C)(c4cc(F)ccc4F)C3=O)cc(=O)oc2c1. The van der Waals surface area contributed by atoms with Gasteiger partial charge >= 0.3 is 11.7 Å². The fourth-order valence-electron chi connectivity index (χ4n) is 3.54. The van der Waals surface area contributed by atoms with Gasteiger partial charge in [0.15, 0.2) is 0 Å². The Bertz CT molecular complexity index is 1240. The number of nitrogens with one attached hydrogen (secondary N) is 1. The maximum atomic E-state index is 14.3. The summed E-state index contributed by atoms with van der Waals surface area (Å²) in [5, 5.41) is 3.01. The maximum Gasteiger partial charge on any atom is 0.336 e. The molecule has 0 spiro atoms. The maximum absolute atomic E-state index is 14.3. The molecule has 1 aliphatic heterocycles. The van der Waals surface area contributed by atoms with Crippen LogP contribution >= 0.6 is 0 Å². The average molecular weight is 398 g/mol. The van der Waals surface area contributed by atoms with Crippen molar-refractivity contribution in [3.8, 4) is 0 Å². The predicted molar refractivity (Wildman–Crippen MR) is 100 cm³/mol. The average Bonchev–Trinajstić information content (AvgIpc) is 2.87. The Labute approximate surface area is 163 Å². The van der Waals surface area contributed by atoms with Crippen LogP contribution in [0.15, 0.2) is 51.7 Å². The highest BCUT2D eigenvalue weighted by Crippen LogP contribution is 2.32. The summed E-state index contributed by atoms with van der Waals surface area (Å²) in [7, 11) is 0. The zero-order valence-corrected chi connectivity index (χ0v) is 15.6. The van der Waals surface area contributed by atoms with Gasteiger partial charge in [0, 0.05) is 17.0 Å². The van der Waals surface area contributed by atoms with Crippen LogP contribution in [-0.2, 0) is 16.9 Å². The smallest absolute Gasteiger partial charge is 0.336 e. The molecule has 4 rings (SSSR count). The third kappa shape index (κ3) is 3.06. The lowest BCUT2D eigenvalue weighted by Gasteiger charge is -2.23. The molecule has 1 N–H and O–H groups in total. The van der Waals surface area contributed by atoms with Gasteiger partial charge in [0.05, 0.1) is 6.54 Å². The number of imide groups is 1. The number of nitrogens with zero attached hydrogens (tertiary/aromatic N) is 1. The largest absolute Gasteiger partial charge is 0.423 e. The molecule has 2 heterocycles. The fourth-order valence-corrected chi connectivity index (χ4v) is 3.54. The van der Waals surface area contributed by atoms with Crippen LogP contribution in [0, 0.1) is 18.6 Å². The lowest BCUT2D eigenvalue weighted by Crippen LogP contribution is -2.41. The van der Waals surface area contributed by atoms with Crippen LogP contribution in [0.1, 0.15) is 23.6 Å². The summed E-state index contributed by atoms with van der Waals surface area (Å²) in [6, 6.07) is 8.36. The van der Waals surface area contributed by atoms with Crippen LogP contribution in [0.25, 0.3) is 11.0 Å². The van der Waals surface area contributed by atoms with Gasteiger partial charge < -0.3 is 9.73 Å². The van der Waals surface area contributed by atoms with Crippen LogP contribution in [0.4, 0.5) is 13.6 Å². The number of hydrogen-bond donors (Lipinski definition) is 1. The van der Waals surface area contributed by atoms with Gasteiger partial charge in [0.25, 0.3) is 5.91 Å². The number of hydrogen-bond acceptors (Lipinski definition) is 4. The second-order valence-corrected chi connectivity index (χ2v) is 7.16. The van der Waals surface area contributed by atoms with Crippen LogP contribution in [0.3, 0.4) is 0 Å². The van der Waals surface area contributed by atoms with E-state index >= 15 is 0 Å². The second kappa shape index (κ2) is 6.51. The molecule has 1 aromatic heterocycles. The molecule has 3 amide bonds. The number of fused-ring (bicyclic) bond motifs is 1. The van der Waals surface area contributed by atoms with E-state index in [4.69, 9.17) is 4.42 Å². The first-order valence-electron chi connectivity index (χ1n) is 8.82. The molecule has 148 valence electrons. The number of urea groups is 1. The molecule has 1 aliphatic rings. The standard InChI is InChI=1S/C21H16F2N2O4/c1-11-3-5-14-12(8-18(26)29-17(14)7-11)10-25-19(27)21(2,24-20(25)28)15-9-13(22)4-6-16(15)23/h3-9H,10H2,1-2H3,(H,24,28)/t21-/m0/s1. The molecule has 2 aromatic carbocycles. The molecule has 1 fully saturated rings. The van der Waals surface area contributed by atoms with Gasteiger partial charge in [-0.15, -0.1) is 0 Å². The highest BCUT2D eigenvalue weighted by atomic mass is 19.1. The molecule has 1 saturated heterocycles. The van der Waals surface area contributed by atoms with Crippen LogP contribution in [0.2, 0.25) is 0 Å². The lowest BCUT2D eigenvalue weighted by atomic mass is 9.91. The van der Waals surface area contributed by atoms with Crippen molar-refractivity contribution in [2.24, 2.45) is 0 Å². The Balaban J connectivity index is 1.75. The third-order valence-electron chi connectivity index (χ3n) is 5.06. The molecule has 0 bridgehead atoms. The third-order valence-corrected chi connectivity index (χ3v) is 5.06. The summed E-state index contributed by atoms with van der Waals surface area (Å²) in [5.74, 6) is -2.30. The van der Waals surface area contributed by atoms with E-state index in [1.165, 1.54) is 13.0 Å². The number of benzene rings is 2. The van der Waals surface area contributed by atoms with Gasteiger partial charge in [-0.2, -0.15) is 0 Å². The van der Waals surface area contributed by atoms with Crippen molar-refractivity contribution in [3.63, 3.8) is 0 Å². The monoisotopic (exact) mass is 398 g/mol. The number of amides is 3. The van der Waals surface area contributed by atoms with Gasteiger partial charge in [0.1, 0.15) is 22.8 Å². The van der Waals surface area contributed by atoms with Gasteiger partial charge in [0.2, 0.25) is 0 Å². The van der Waals surface area contributed by atoms with Gasteiger partial charge in [-0.25, -0.2) is 18.4 Å². The van der Waals surface area contributed by atoms with Crippen LogP contribution in [0.5, 0.6) is 0 Å². The fraction of sp³-hybridized carbons (Fsp3) is 0.190. The van der Waals surface area contributed by atoms with E-state index in [2.05, 4.69) is 5.32 Å². The summed E-state index contributed by atoms with van der Waals surface area (Å²) in [6.07, 6.45) is 0. The molecule has 6 nitrogen and oxygen atoms in total. The van der Waals surface area contributed by atoms with E-state index in [1.807, 2.05) is 13.0 Å². The Morgan fingerprint density at radius 3 is 2.59 bits per heavy atom. The molecule has 1 atom stereocenters. The molecule has 0 unspecified atom stereocenters.